The Bertz CT molecular complexity index is 656. The van der Waals surface area contributed by atoms with E-state index in [4.69, 9.17) is 14.7 Å². The first kappa shape index (κ1) is 19.8. The SMILES string of the molecule is COc1nc(C2CCN(C(=O)OC(C)(C)C)CC2)ccc1NCCC#N. The number of ether oxygens (including phenoxy) is 2. The minimum atomic E-state index is -0.475. The van der Waals surface area contributed by atoms with E-state index in [-0.39, 0.29) is 12.0 Å². The molecule has 1 fully saturated rings. The Balaban J connectivity index is 1.96. The molecule has 1 aromatic heterocycles. The van der Waals surface area contributed by atoms with Crippen molar-refractivity contribution in [2.75, 3.05) is 32.1 Å². The number of carbonyl (C=O) groups is 1. The van der Waals surface area contributed by atoms with Crippen LogP contribution in [0.2, 0.25) is 0 Å². The number of amides is 1. The number of anilines is 1. The molecule has 2 rings (SSSR count). The highest BCUT2D eigenvalue weighted by atomic mass is 16.6. The molecule has 0 unspecified atom stereocenters. The highest BCUT2D eigenvalue weighted by Gasteiger charge is 2.28. The number of aromatic nitrogens is 1. The maximum absolute atomic E-state index is 12.2. The lowest BCUT2D eigenvalue weighted by molar-refractivity contribution is 0.0204. The van der Waals surface area contributed by atoms with Gasteiger partial charge in [0.15, 0.2) is 0 Å². The molecule has 7 nitrogen and oxygen atoms in total. The number of hydrogen-bond acceptors (Lipinski definition) is 6. The molecular formula is C19H28N4O3. The molecule has 1 aliphatic rings. The number of nitrogens with zero attached hydrogens (tertiary/aromatic N) is 3. The van der Waals surface area contributed by atoms with E-state index in [9.17, 15) is 4.79 Å². The van der Waals surface area contributed by atoms with Gasteiger partial charge in [0.1, 0.15) is 5.60 Å². The van der Waals surface area contributed by atoms with E-state index < -0.39 is 5.60 Å². The summed E-state index contributed by atoms with van der Waals surface area (Å²) in [5.74, 6) is 0.825. The van der Waals surface area contributed by atoms with Crippen LogP contribution in [0.3, 0.4) is 0 Å². The second-order valence-electron chi connectivity index (χ2n) is 7.37. The monoisotopic (exact) mass is 360 g/mol. The Morgan fingerprint density at radius 3 is 2.65 bits per heavy atom. The summed E-state index contributed by atoms with van der Waals surface area (Å²) in [6.07, 6.45) is 1.86. The Kier molecular flexibility index (Phi) is 6.67. The quantitative estimate of drug-likeness (QED) is 0.808. The highest BCUT2D eigenvalue weighted by molar-refractivity contribution is 5.68. The normalized spacial score (nSPS) is 15.3. The van der Waals surface area contributed by atoms with E-state index in [1.54, 1.807) is 12.0 Å². The van der Waals surface area contributed by atoms with Gasteiger partial charge < -0.3 is 19.7 Å². The van der Waals surface area contributed by atoms with E-state index in [0.717, 1.165) is 24.2 Å². The van der Waals surface area contributed by atoms with Gasteiger partial charge in [-0.15, -0.1) is 0 Å². The molecule has 0 bridgehead atoms. The maximum Gasteiger partial charge on any atom is 0.410 e. The first-order chi connectivity index (χ1) is 12.3. The Hall–Kier alpha value is -2.49. The highest BCUT2D eigenvalue weighted by Crippen LogP contribution is 2.31. The first-order valence-corrected chi connectivity index (χ1v) is 8.97. The van der Waals surface area contributed by atoms with E-state index in [1.165, 1.54) is 0 Å². The number of carbonyl (C=O) groups excluding carboxylic acids is 1. The van der Waals surface area contributed by atoms with Gasteiger partial charge in [0.25, 0.3) is 0 Å². The smallest absolute Gasteiger partial charge is 0.410 e. The summed E-state index contributed by atoms with van der Waals surface area (Å²) < 4.78 is 10.8. The summed E-state index contributed by atoms with van der Waals surface area (Å²) in [5.41, 5.74) is 1.28. The van der Waals surface area contributed by atoms with Crippen molar-refractivity contribution < 1.29 is 14.3 Å². The summed E-state index contributed by atoms with van der Waals surface area (Å²) in [6, 6.07) is 6.03. The molecule has 142 valence electrons. The fourth-order valence-corrected chi connectivity index (χ4v) is 2.91. The molecule has 7 heteroatoms. The Morgan fingerprint density at radius 2 is 2.08 bits per heavy atom. The zero-order valence-corrected chi connectivity index (χ0v) is 16.0. The minimum Gasteiger partial charge on any atom is -0.480 e. The number of pyridine rings is 1. The predicted molar refractivity (Wildman–Crippen MR) is 99.3 cm³/mol. The third kappa shape index (κ3) is 5.51. The van der Waals surface area contributed by atoms with Crippen molar-refractivity contribution in [1.82, 2.24) is 9.88 Å². The topological polar surface area (TPSA) is 87.5 Å². The fourth-order valence-electron chi connectivity index (χ4n) is 2.91. The molecule has 1 amide bonds. The number of methoxy groups -OCH3 is 1. The zero-order chi connectivity index (χ0) is 19.2. The Morgan fingerprint density at radius 1 is 1.38 bits per heavy atom. The molecule has 26 heavy (non-hydrogen) atoms. The van der Waals surface area contributed by atoms with Crippen molar-refractivity contribution in [3.05, 3.63) is 17.8 Å². The molecule has 1 aliphatic heterocycles. The van der Waals surface area contributed by atoms with Crippen LogP contribution in [-0.2, 0) is 4.74 Å². The van der Waals surface area contributed by atoms with Crippen LogP contribution < -0.4 is 10.1 Å². The first-order valence-electron chi connectivity index (χ1n) is 8.97. The van der Waals surface area contributed by atoms with Crippen LogP contribution in [-0.4, -0.2) is 48.3 Å². The summed E-state index contributed by atoms with van der Waals surface area (Å²) in [4.78, 5) is 18.5. The lowest BCUT2D eigenvalue weighted by atomic mass is 9.93. The standard InChI is InChI=1S/C19H28N4O3/c1-19(2,3)26-18(24)23-12-8-14(9-13-23)15-6-7-16(17(22-15)25-4)21-11-5-10-20/h6-7,14,21H,5,8-9,11-13H2,1-4H3. The van der Waals surface area contributed by atoms with Gasteiger partial charge in [0.2, 0.25) is 5.88 Å². The van der Waals surface area contributed by atoms with Gasteiger partial charge in [-0.25, -0.2) is 9.78 Å². The van der Waals surface area contributed by atoms with Crippen molar-refractivity contribution in [2.24, 2.45) is 0 Å². The average Bonchev–Trinajstić information content (AvgIpc) is 2.61. The largest absolute Gasteiger partial charge is 0.480 e. The van der Waals surface area contributed by atoms with Gasteiger partial charge in [-0.1, -0.05) is 0 Å². The number of rotatable bonds is 5. The Labute approximate surface area is 155 Å². The molecule has 1 N–H and O–H groups in total. The molecule has 2 heterocycles. The number of likely N-dealkylation sites (tertiary alicyclic amines) is 1. The minimum absolute atomic E-state index is 0.251. The number of hydrogen-bond donors (Lipinski definition) is 1. The summed E-state index contributed by atoms with van der Waals surface area (Å²) in [7, 11) is 1.59. The van der Waals surface area contributed by atoms with Crippen LogP contribution in [0.4, 0.5) is 10.5 Å². The molecular weight excluding hydrogens is 332 g/mol. The number of nitrogens with one attached hydrogen (secondary N) is 1. The van der Waals surface area contributed by atoms with Crippen molar-refractivity contribution in [2.45, 2.75) is 51.6 Å². The molecule has 0 aliphatic carbocycles. The van der Waals surface area contributed by atoms with E-state index in [1.807, 2.05) is 32.9 Å². The van der Waals surface area contributed by atoms with Crippen LogP contribution in [0.25, 0.3) is 0 Å². The van der Waals surface area contributed by atoms with Gasteiger partial charge in [-0.3, -0.25) is 0 Å². The van der Waals surface area contributed by atoms with E-state index in [2.05, 4.69) is 16.4 Å². The predicted octanol–water partition coefficient (Wildman–Crippen LogP) is 3.53. The number of piperidine rings is 1. The molecule has 0 atom stereocenters. The van der Waals surface area contributed by atoms with Crippen LogP contribution in [0.5, 0.6) is 5.88 Å². The van der Waals surface area contributed by atoms with E-state index in [0.29, 0.717) is 31.9 Å². The third-order valence-corrected chi connectivity index (χ3v) is 4.19. The van der Waals surface area contributed by atoms with Gasteiger partial charge in [0.05, 0.1) is 25.3 Å². The summed E-state index contributed by atoms with van der Waals surface area (Å²) >= 11 is 0. The second kappa shape index (κ2) is 8.75. The zero-order valence-electron chi connectivity index (χ0n) is 16.0. The van der Waals surface area contributed by atoms with E-state index >= 15 is 0 Å². The molecule has 1 aromatic rings. The van der Waals surface area contributed by atoms with Crippen molar-refractivity contribution >= 4 is 11.8 Å². The molecule has 0 saturated carbocycles. The van der Waals surface area contributed by atoms with Crippen LogP contribution in [0.1, 0.15) is 51.6 Å². The van der Waals surface area contributed by atoms with Gasteiger partial charge in [-0.05, 0) is 45.7 Å². The third-order valence-electron chi connectivity index (χ3n) is 4.19. The fraction of sp³-hybridized carbons (Fsp3) is 0.632. The van der Waals surface area contributed by atoms with Gasteiger partial charge in [0, 0.05) is 31.2 Å². The molecule has 0 aromatic carbocycles. The second-order valence-corrected chi connectivity index (χ2v) is 7.37. The molecule has 0 radical (unpaired) electrons. The van der Waals surface area contributed by atoms with Crippen molar-refractivity contribution in [3.8, 4) is 11.9 Å². The lowest BCUT2D eigenvalue weighted by Gasteiger charge is -2.33. The maximum atomic E-state index is 12.2. The van der Waals surface area contributed by atoms with Gasteiger partial charge in [-0.2, -0.15) is 5.26 Å². The van der Waals surface area contributed by atoms with Gasteiger partial charge >= 0.3 is 6.09 Å². The molecule has 0 spiro atoms. The molecule has 1 saturated heterocycles. The average molecular weight is 360 g/mol. The van der Waals surface area contributed by atoms with Crippen LogP contribution >= 0.6 is 0 Å². The lowest BCUT2D eigenvalue weighted by Crippen LogP contribution is -2.41. The summed E-state index contributed by atoms with van der Waals surface area (Å²) in [5, 5.41) is 11.8. The van der Waals surface area contributed by atoms with Crippen LogP contribution in [0, 0.1) is 11.3 Å². The van der Waals surface area contributed by atoms with Crippen molar-refractivity contribution in [1.29, 1.82) is 5.26 Å². The number of nitriles is 1. The van der Waals surface area contributed by atoms with Crippen LogP contribution in [0.15, 0.2) is 12.1 Å². The van der Waals surface area contributed by atoms with Crippen molar-refractivity contribution in [3.63, 3.8) is 0 Å². The summed E-state index contributed by atoms with van der Waals surface area (Å²) in [6.45, 7) is 7.50.